The zero-order valence-corrected chi connectivity index (χ0v) is 15.7. The standard InChI is InChI=1S/C17H25N3O2S.ClH/c1-14-12-15(13-18)8-9-17(14)23(21,22)20-11-10-19-16-6-4-2-3-5-7-16;/h8-9,12,16,19-20H,2-7,10-11H2,1H3;1H. The molecule has 1 aromatic rings. The molecule has 1 aromatic carbocycles. The molecule has 0 spiro atoms. The second kappa shape index (κ2) is 10.00. The van der Waals surface area contributed by atoms with Gasteiger partial charge in [-0.3, -0.25) is 0 Å². The van der Waals surface area contributed by atoms with Gasteiger partial charge in [0, 0.05) is 19.1 Å². The lowest BCUT2D eigenvalue weighted by molar-refractivity contribution is 0.461. The molecule has 1 aliphatic carbocycles. The highest BCUT2D eigenvalue weighted by Crippen LogP contribution is 2.17. The molecule has 5 nitrogen and oxygen atoms in total. The van der Waals surface area contributed by atoms with Crippen LogP contribution >= 0.6 is 12.4 Å². The topological polar surface area (TPSA) is 82.0 Å². The van der Waals surface area contributed by atoms with Gasteiger partial charge in [-0.2, -0.15) is 5.26 Å². The maximum Gasteiger partial charge on any atom is 0.240 e. The van der Waals surface area contributed by atoms with Crippen LogP contribution in [0.25, 0.3) is 0 Å². The van der Waals surface area contributed by atoms with Gasteiger partial charge in [0.25, 0.3) is 0 Å². The van der Waals surface area contributed by atoms with Crippen LogP contribution in [0, 0.1) is 18.3 Å². The Morgan fingerprint density at radius 3 is 2.42 bits per heavy atom. The molecule has 0 amide bonds. The third-order valence-electron chi connectivity index (χ3n) is 4.30. The summed E-state index contributed by atoms with van der Waals surface area (Å²) >= 11 is 0. The van der Waals surface area contributed by atoms with Crippen LogP contribution in [0.4, 0.5) is 0 Å². The van der Waals surface area contributed by atoms with Crippen LogP contribution in [-0.2, 0) is 10.0 Å². The molecule has 2 rings (SSSR count). The molecule has 134 valence electrons. The second-order valence-corrected chi connectivity index (χ2v) is 7.87. The van der Waals surface area contributed by atoms with Gasteiger partial charge in [0.05, 0.1) is 16.5 Å². The van der Waals surface area contributed by atoms with Crippen LogP contribution in [0.15, 0.2) is 23.1 Å². The van der Waals surface area contributed by atoms with Crippen molar-refractivity contribution in [3.8, 4) is 6.07 Å². The quantitative estimate of drug-likeness (QED) is 0.595. The van der Waals surface area contributed by atoms with Crippen molar-refractivity contribution < 1.29 is 8.42 Å². The number of hydrogen-bond donors (Lipinski definition) is 2. The van der Waals surface area contributed by atoms with Crippen molar-refractivity contribution in [2.24, 2.45) is 0 Å². The highest BCUT2D eigenvalue weighted by Gasteiger charge is 2.17. The van der Waals surface area contributed by atoms with Crippen LogP contribution in [0.3, 0.4) is 0 Å². The van der Waals surface area contributed by atoms with Crippen molar-refractivity contribution in [2.75, 3.05) is 13.1 Å². The van der Waals surface area contributed by atoms with E-state index in [9.17, 15) is 8.42 Å². The molecule has 0 unspecified atom stereocenters. The number of benzene rings is 1. The molecule has 1 fully saturated rings. The zero-order chi connectivity index (χ0) is 16.7. The first kappa shape index (κ1) is 20.9. The Kier molecular flexibility index (Phi) is 8.71. The summed E-state index contributed by atoms with van der Waals surface area (Å²) in [5.74, 6) is 0. The fraction of sp³-hybridized carbons (Fsp3) is 0.588. The van der Waals surface area contributed by atoms with E-state index < -0.39 is 10.0 Å². The number of halogens is 1. The van der Waals surface area contributed by atoms with Gasteiger partial charge in [0.2, 0.25) is 10.0 Å². The van der Waals surface area contributed by atoms with Crippen molar-refractivity contribution in [1.82, 2.24) is 10.0 Å². The summed E-state index contributed by atoms with van der Waals surface area (Å²) in [5, 5.41) is 12.3. The van der Waals surface area contributed by atoms with E-state index in [1.807, 2.05) is 6.07 Å². The van der Waals surface area contributed by atoms with Crippen molar-refractivity contribution in [2.45, 2.75) is 56.4 Å². The van der Waals surface area contributed by atoms with E-state index in [0.29, 0.717) is 30.3 Å². The van der Waals surface area contributed by atoms with Crippen LogP contribution in [0.2, 0.25) is 0 Å². The minimum absolute atomic E-state index is 0. The van der Waals surface area contributed by atoms with Crippen LogP contribution in [0.1, 0.15) is 49.7 Å². The van der Waals surface area contributed by atoms with Crippen molar-refractivity contribution >= 4 is 22.4 Å². The third-order valence-corrected chi connectivity index (χ3v) is 5.92. The molecule has 1 aliphatic rings. The Morgan fingerprint density at radius 2 is 1.83 bits per heavy atom. The summed E-state index contributed by atoms with van der Waals surface area (Å²) in [7, 11) is -3.53. The number of nitrogens with one attached hydrogen (secondary N) is 2. The van der Waals surface area contributed by atoms with Gasteiger partial charge in [-0.25, -0.2) is 13.1 Å². The van der Waals surface area contributed by atoms with Gasteiger partial charge >= 0.3 is 0 Å². The molecule has 1 saturated carbocycles. The van der Waals surface area contributed by atoms with Gasteiger partial charge in [0.15, 0.2) is 0 Å². The van der Waals surface area contributed by atoms with Gasteiger partial charge < -0.3 is 5.32 Å². The maximum absolute atomic E-state index is 12.3. The monoisotopic (exact) mass is 371 g/mol. The van der Waals surface area contributed by atoms with Crippen molar-refractivity contribution in [3.63, 3.8) is 0 Å². The first-order valence-corrected chi connectivity index (χ1v) is 9.75. The number of rotatable bonds is 6. The van der Waals surface area contributed by atoms with Crippen LogP contribution < -0.4 is 10.0 Å². The second-order valence-electron chi connectivity index (χ2n) is 6.13. The Labute approximate surface area is 151 Å². The molecule has 0 radical (unpaired) electrons. The Balaban J connectivity index is 0.00000288. The fourth-order valence-corrected chi connectivity index (χ4v) is 4.30. The minimum atomic E-state index is -3.53. The summed E-state index contributed by atoms with van der Waals surface area (Å²) in [6.45, 7) is 2.72. The summed E-state index contributed by atoms with van der Waals surface area (Å²) in [6, 6.07) is 7.15. The normalized spacial score (nSPS) is 16.0. The SMILES string of the molecule is Cc1cc(C#N)ccc1S(=O)(=O)NCCNC1CCCCCC1.Cl. The summed E-state index contributed by atoms with van der Waals surface area (Å²) in [5.41, 5.74) is 1.06. The largest absolute Gasteiger partial charge is 0.313 e. The molecule has 0 heterocycles. The van der Waals surface area contributed by atoms with Crippen molar-refractivity contribution in [3.05, 3.63) is 29.3 Å². The first-order chi connectivity index (χ1) is 11.0. The molecule has 0 aromatic heterocycles. The van der Waals surface area contributed by atoms with Crippen molar-refractivity contribution in [1.29, 1.82) is 5.26 Å². The van der Waals surface area contributed by atoms with Gasteiger partial charge in [-0.15, -0.1) is 12.4 Å². The third kappa shape index (κ3) is 6.06. The molecule has 0 bridgehead atoms. The molecule has 0 aliphatic heterocycles. The predicted octanol–water partition coefficient (Wildman–Crippen LogP) is 2.88. The van der Waals surface area contributed by atoms with E-state index in [2.05, 4.69) is 10.0 Å². The summed E-state index contributed by atoms with van der Waals surface area (Å²) in [6.07, 6.45) is 7.50. The van der Waals surface area contributed by atoms with E-state index in [1.165, 1.54) is 50.7 Å². The molecule has 7 heteroatoms. The number of aryl methyl sites for hydroxylation is 1. The minimum Gasteiger partial charge on any atom is -0.313 e. The summed E-state index contributed by atoms with van der Waals surface area (Å²) in [4.78, 5) is 0.242. The van der Waals surface area contributed by atoms with Crippen LogP contribution in [0.5, 0.6) is 0 Å². The zero-order valence-electron chi connectivity index (χ0n) is 14.0. The lowest BCUT2D eigenvalue weighted by Crippen LogP contribution is -2.37. The average molecular weight is 372 g/mol. The highest BCUT2D eigenvalue weighted by molar-refractivity contribution is 7.89. The average Bonchev–Trinajstić information content (AvgIpc) is 2.80. The Morgan fingerprint density at radius 1 is 1.17 bits per heavy atom. The fourth-order valence-electron chi connectivity index (χ4n) is 3.04. The molecular weight excluding hydrogens is 346 g/mol. The van der Waals surface area contributed by atoms with E-state index in [-0.39, 0.29) is 17.3 Å². The van der Waals surface area contributed by atoms with E-state index >= 15 is 0 Å². The maximum atomic E-state index is 12.3. The van der Waals surface area contributed by atoms with Gasteiger partial charge in [0.1, 0.15) is 0 Å². The molecule has 24 heavy (non-hydrogen) atoms. The first-order valence-electron chi connectivity index (χ1n) is 8.27. The number of hydrogen-bond acceptors (Lipinski definition) is 4. The summed E-state index contributed by atoms with van der Waals surface area (Å²) < 4.78 is 27.3. The number of sulfonamides is 1. The Hall–Kier alpha value is -1.13. The molecule has 0 saturated heterocycles. The number of nitriles is 1. The van der Waals surface area contributed by atoms with E-state index in [4.69, 9.17) is 5.26 Å². The lowest BCUT2D eigenvalue weighted by Gasteiger charge is -2.16. The van der Waals surface area contributed by atoms with Crippen LogP contribution in [-0.4, -0.2) is 27.5 Å². The van der Waals surface area contributed by atoms with E-state index in [0.717, 1.165) is 0 Å². The highest BCUT2D eigenvalue weighted by atomic mass is 35.5. The smallest absolute Gasteiger partial charge is 0.240 e. The molecule has 2 N–H and O–H groups in total. The lowest BCUT2D eigenvalue weighted by atomic mass is 10.1. The van der Waals surface area contributed by atoms with Gasteiger partial charge in [-0.1, -0.05) is 25.7 Å². The predicted molar refractivity (Wildman–Crippen MR) is 97.8 cm³/mol. The van der Waals surface area contributed by atoms with E-state index in [1.54, 1.807) is 13.0 Å². The molecule has 0 atom stereocenters. The Bertz CT molecular complexity index is 663. The number of nitrogens with zero attached hydrogens (tertiary/aromatic N) is 1. The van der Waals surface area contributed by atoms with Gasteiger partial charge in [-0.05, 0) is 43.5 Å². The molecular formula is C17H26ClN3O2S.